The second-order valence-electron chi connectivity index (χ2n) is 11.7. The van der Waals surface area contributed by atoms with Crippen molar-refractivity contribution in [3.8, 4) is 16.9 Å². The average molecular weight is 629 g/mol. The Bertz CT molecular complexity index is 1810. The fraction of sp³-hybridized carbons (Fsp3) is 0.324. The van der Waals surface area contributed by atoms with Crippen LogP contribution in [0, 0.1) is 11.7 Å². The summed E-state index contributed by atoms with van der Waals surface area (Å²) in [6.45, 7) is 1.13. The van der Waals surface area contributed by atoms with Gasteiger partial charge in [-0.3, -0.25) is 19.5 Å². The number of aromatic amines is 1. The number of ether oxygens (including phenoxy) is 1. The number of fused-ring (bicyclic) bond motifs is 1. The van der Waals surface area contributed by atoms with Gasteiger partial charge in [0.25, 0.3) is 5.91 Å². The van der Waals surface area contributed by atoms with Crippen LogP contribution in [0.1, 0.15) is 53.8 Å². The standard InChI is InChI=1S/C34H34F2N6O4/c1-19(26-14-27(23-15-38-39-16-23)31(46-2)12-21(26)6-5-20-3-4-20)40-34(45)30-13-25(36)18-42(30)32(43)17-37-33(44)29-9-7-22-11-24(35)8-10-28(22)41-29/h5-12,14-16,19-20,25,30H,3-4,13,17-18H2,1-2H3,(H,37,44)(H,38,39)(H,40,45)/b6-5+/t19-,25+,30-/m0/s1. The zero-order valence-electron chi connectivity index (χ0n) is 25.4. The van der Waals surface area contributed by atoms with Crippen molar-refractivity contribution in [1.82, 2.24) is 30.7 Å². The van der Waals surface area contributed by atoms with Gasteiger partial charge in [0.2, 0.25) is 11.8 Å². The summed E-state index contributed by atoms with van der Waals surface area (Å²) in [4.78, 5) is 44.9. The molecule has 3 amide bonds. The summed E-state index contributed by atoms with van der Waals surface area (Å²) in [5.74, 6) is -0.946. The Kier molecular flexibility index (Phi) is 8.78. The molecule has 6 rings (SSSR count). The molecule has 1 aliphatic heterocycles. The molecule has 46 heavy (non-hydrogen) atoms. The number of carbonyl (C=O) groups is 3. The monoisotopic (exact) mass is 628 g/mol. The minimum Gasteiger partial charge on any atom is -0.496 e. The summed E-state index contributed by atoms with van der Waals surface area (Å²) in [6, 6.07) is 9.32. The molecule has 3 N–H and O–H groups in total. The van der Waals surface area contributed by atoms with Crippen LogP contribution in [0.4, 0.5) is 8.78 Å². The number of hydrogen-bond acceptors (Lipinski definition) is 6. The van der Waals surface area contributed by atoms with E-state index in [1.54, 1.807) is 25.6 Å². The van der Waals surface area contributed by atoms with Crippen molar-refractivity contribution in [2.45, 2.75) is 44.4 Å². The fourth-order valence-corrected chi connectivity index (χ4v) is 5.72. The normalized spacial score (nSPS) is 18.6. The number of likely N-dealkylation sites (tertiary alicyclic amines) is 1. The molecule has 3 atom stereocenters. The van der Waals surface area contributed by atoms with Gasteiger partial charge in [-0.05, 0) is 73.2 Å². The predicted molar refractivity (Wildman–Crippen MR) is 168 cm³/mol. The smallest absolute Gasteiger partial charge is 0.270 e. The van der Waals surface area contributed by atoms with Gasteiger partial charge in [0.05, 0.1) is 38.0 Å². The van der Waals surface area contributed by atoms with Gasteiger partial charge in [-0.1, -0.05) is 18.2 Å². The van der Waals surface area contributed by atoms with Gasteiger partial charge in [-0.2, -0.15) is 5.10 Å². The predicted octanol–water partition coefficient (Wildman–Crippen LogP) is 4.74. The first-order valence-corrected chi connectivity index (χ1v) is 15.2. The van der Waals surface area contributed by atoms with E-state index in [-0.39, 0.29) is 18.7 Å². The molecule has 2 aliphatic rings. The van der Waals surface area contributed by atoms with Crippen molar-refractivity contribution in [2.24, 2.45) is 5.92 Å². The molecule has 1 aliphatic carbocycles. The second kappa shape index (κ2) is 13.1. The SMILES string of the molecule is COc1cc(/C=C/C2CC2)c([C@H](C)NC(=O)[C@@H]2C[C@@H](F)CN2C(=O)CNC(=O)c2ccc3cc(F)ccc3n2)cc1-c1cn[nH]c1. The lowest BCUT2D eigenvalue weighted by Crippen LogP contribution is -2.49. The number of amides is 3. The van der Waals surface area contributed by atoms with E-state index < -0.39 is 48.3 Å². The summed E-state index contributed by atoms with van der Waals surface area (Å²) in [6.07, 6.45) is 8.35. The van der Waals surface area contributed by atoms with Crippen molar-refractivity contribution in [3.63, 3.8) is 0 Å². The number of H-pyrrole nitrogens is 1. The number of benzene rings is 2. The Labute approximate surface area is 264 Å². The molecule has 2 fully saturated rings. The maximum absolute atomic E-state index is 14.7. The van der Waals surface area contributed by atoms with E-state index in [1.165, 1.54) is 29.2 Å². The maximum atomic E-state index is 14.7. The van der Waals surface area contributed by atoms with Crippen molar-refractivity contribution < 1.29 is 27.9 Å². The fourth-order valence-electron chi connectivity index (χ4n) is 5.72. The van der Waals surface area contributed by atoms with Gasteiger partial charge in [0.15, 0.2) is 0 Å². The molecule has 2 aromatic heterocycles. The van der Waals surface area contributed by atoms with Gasteiger partial charge in [0.1, 0.15) is 29.5 Å². The van der Waals surface area contributed by atoms with Crippen LogP contribution in [-0.4, -0.2) is 70.2 Å². The Morgan fingerprint density at radius 1 is 1.17 bits per heavy atom. The van der Waals surface area contributed by atoms with Crippen LogP contribution in [0.25, 0.3) is 28.1 Å². The van der Waals surface area contributed by atoms with Crippen molar-refractivity contribution in [1.29, 1.82) is 0 Å². The molecule has 10 nitrogen and oxygen atoms in total. The lowest BCUT2D eigenvalue weighted by molar-refractivity contribution is -0.138. The van der Waals surface area contributed by atoms with Gasteiger partial charge in [0, 0.05) is 29.1 Å². The van der Waals surface area contributed by atoms with Crippen LogP contribution < -0.4 is 15.4 Å². The molecular weight excluding hydrogens is 594 g/mol. The Morgan fingerprint density at radius 3 is 2.74 bits per heavy atom. The first kappa shape index (κ1) is 30.9. The van der Waals surface area contributed by atoms with Gasteiger partial charge >= 0.3 is 0 Å². The first-order chi connectivity index (χ1) is 22.2. The van der Waals surface area contributed by atoms with Crippen LogP contribution >= 0.6 is 0 Å². The highest BCUT2D eigenvalue weighted by Gasteiger charge is 2.40. The quantitative estimate of drug-likeness (QED) is 0.233. The Balaban J connectivity index is 1.15. The molecule has 4 aromatic rings. The van der Waals surface area contributed by atoms with Crippen molar-refractivity contribution >= 4 is 34.7 Å². The lowest BCUT2D eigenvalue weighted by atomic mass is 9.94. The average Bonchev–Trinajstić information content (AvgIpc) is 3.55. The number of halogens is 2. The third-order valence-electron chi connectivity index (χ3n) is 8.37. The van der Waals surface area contributed by atoms with Crippen LogP contribution in [0.3, 0.4) is 0 Å². The first-order valence-electron chi connectivity index (χ1n) is 15.2. The van der Waals surface area contributed by atoms with Crippen LogP contribution in [0.15, 0.2) is 60.9 Å². The van der Waals surface area contributed by atoms with Gasteiger partial charge in [-0.25, -0.2) is 13.8 Å². The van der Waals surface area contributed by atoms with E-state index in [0.29, 0.717) is 22.6 Å². The highest BCUT2D eigenvalue weighted by molar-refractivity contribution is 5.97. The number of nitrogens with one attached hydrogen (secondary N) is 3. The molecule has 3 heterocycles. The number of allylic oxidation sites excluding steroid dienone is 1. The Hall–Kier alpha value is -5.13. The molecule has 238 valence electrons. The molecule has 0 spiro atoms. The van der Waals surface area contributed by atoms with Crippen LogP contribution in [-0.2, 0) is 9.59 Å². The number of methoxy groups -OCH3 is 1. The minimum absolute atomic E-state index is 0.0423. The molecule has 0 unspecified atom stereocenters. The summed E-state index contributed by atoms with van der Waals surface area (Å²) in [7, 11) is 1.60. The lowest BCUT2D eigenvalue weighted by Gasteiger charge is -2.26. The molecule has 0 bridgehead atoms. The molecule has 2 aromatic carbocycles. The van der Waals surface area contributed by atoms with Crippen molar-refractivity contribution in [2.75, 3.05) is 20.2 Å². The van der Waals surface area contributed by atoms with Gasteiger partial charge in [-0.15, -0.1) is 0 Å². The van der Waals surface area contributed by atoms with Crippen LogP contribution in [0.5, 0.6) is 5.75 Å². The second-order valence-corrected chi connectivity index (χ2v) is 11.7. The molecule has 12 heteroatoms. The van der Waals surface area contributed by atoms with E-state index in [1.807, 2.05) is 25.1 Å². The molecule has 1 saturated heterocycles. The highest BCUT2D eigenvalue weighted by atomic mass is 19.1. The Morgan fingerprint density at radius 2 is 2.00 bits per heavy atom. The van der Waals surface area contributed by atoms with Crippen LogP contribution in [0.2, 0.25) is 0 Å². The highest BCUT2D eigenvalue weighted by Crippen LogP contribution is 2.37. The zero-order valence-corrected chi connectivity index (χ0v) is 25.4. The van der Waals surface area contributed by atoms with E-state index in [9.17, 15) is 23.2 Å². The van der Waals surface area contributed by atoms with Crippen molar-refractivity contribution in [3.05, 3.63) is 83.6 Å². The summed E-state index contributed by atoms with van der Waals surface area (Å²) in [5, 5.41) is 12.9. The number of alkyl halides is 1. The van der Waals surface area contributed by atoms with E-state index in [2.05, 4.69) is 31.9 Å². The third kappa shape index (κ3) is 6.75. The number of hydrogen-bond donors (Lipinski definition) is 3. The summed E-state index contributed by atoms with van der Waals surface area (Å²) >= 11 is 0. The molecule has 0 radical (unpaired) electrons. The number of aromatic nitrogens is 3. The topological polar surface area (TPSA) is 129 Å². The van der Waals surface area contributed by atoms with E-state index >= 15 is 0 Å². The summed E-state index contributed by atoms with van der Waals surface area (Å²) < 4.78 is 33.8. The van der Waals surface area contributed by atoms with Gasteiger partial charge < -0.3 is 20.3 Å². The van der Waals surface area contributed by atoms with E-state index in [0.717, 1.165) is 35.1 Å². The maximum Gasteiger partial charge on any atom is 0.270 e. The minimum atomic E-state index is -1.39. The summed E-state index contributed by atoms with van der Waals surface area (Å²) in [5.41, 5.74) is 3.78. The zero-order chi connectivity index (χ0) is 32.4. The number of nitrogens with zero attached hydrogens (tertiary/aromatic N) is 3. The third-order valence-corrected chi connectivity index (χ3v) is 8.37. The van der Waals surface area contributed by atoms with E-state index in [4.69, 9.17) is 4.74 Å². The molecule has 1 saturated carbocycles. The number of pyridine rings is 1. The molecular formula is C34H34F2N6O4. The number of carbonyl (C=O) groups excluding carboxylic acids is 3. The largest absolute Gasteiger partial charge is 0.496 e. The number of rotatable bonds is 10.